The van der Waals surface area contributed by atoms with Crippen LogP contribution in [-0.4, -0.2) is 34.9 Å². The molecular weight excluding hydrogens is 382 g/mol. The number of carbonyl (C=O) groups excluding carboxylic acids is 2. The smallest absolute Gasteiger partial charge is 0.269 e. The summed E-state index contributed by atoms with van der Waals surface area (Å²) in [4.78, 5) is 39.2. The molecule has 1 saturated heterocycles. The number of non-ortho nitro benzene ring substituents is 1. The van der Waals surface area contributed by atoms with Crippen LogP contribution in [-0.2, 0) is 16.0 Å². The summed E-state index contributed by atoms with van der Waals surface area (Å²) in [5, 5.41) is 13.0. The number of amides is 2. The summed E-state index contributed by atoms with van der Waals surface area (Å²) >= 11 is 0. The Morgan fingerprint density at radius 2 is 1.77 bits per heavy atom. The van der Waals surface area contributed by atoms with Crippen LogP contribution in [0.2, 0.25) is 0 Å². The molecule has 1 fully saturated rings. The number of likely N-dealkylation sites (tertiary alicyclic amines) is 1. The van der Waals surface area contributed by atoms with Gasteiger partial charge in [-0.15, -0.1) is 0 Å². The zero-order chi connectivity index (χ0) is 21.1. The number of rotatable bonds is 6. The molecule has 7 nitrogen and oxygen atoms in total. The minimum Gasteiger partial charge on any atom is -0.324 e. The molecule has 1 heterocycles. The maximum Gasteiger partial charge on any atom is 0.269 e. The van der Waals surface area contributed by atoms with Gasteiger partial charge in [0.15, 0.2) is 0 Å². The fraction of sp³-hybridized carbons (Fsp3) is 0.217. The van der Waals surface area contributed by atoms with Gasteiger partial charge in [-0.2, -0.15) is 0 Å². The third-order valence-electron chi connectivity index (χ3n) is 5.38. The maximum absolute atomic E-state index is 13.3. The third-order valence-corrected chi connectivity index (χ3v) is 5.38. The number of benzene rings is 3. The zero-order valence-corrected chi connectivity index (χ0v) is 16.4. The van der Waals surface area contributed by atoms with Gasteiger partial charge in [-0.3, -0.25) is 24.6 Å². The first kappa shape index (κ1) is 19.6. The molecule has 3 aromatic rings. The predicted octanol–water partition coefficient (Wildman–Crippen LogP) is 3.90. The fourth-order valence-corrected chi connectivity index (χ4v) is 3.79. The van der Waals surface area contributed by atoms with Gasteiger partial charge in [0.25, 0.3) is 5.69 Å². The number of nitro groups is 1. The SMILES string of the molecule is O=C1CCCN1CN(C(=O)Cc1cccc2ccccc12)c1ccc([N+](=O)[O-])cc1. The number of fused-ring (bicyclic) bond motifs is 1. The van der Waals surface area contributed by atoms with E-state index in [0.717, 1.165) is 22.8 Å². The van der Waals surface area contributed by atoms with Gasteiger partial charge in [0.2, 0.25) is 11.8 Å². The molecule has 30 heavy (non-hydrogen) atoms. The Labute approximate surface area is 173 Å². The topological polar surface area (TPSA) is 83.8 Å². The Kier molecular flexibility index (Phi) is 5.43. The lowest BCUT2D eigenvalue weighted by Crippen LogP contribution is -2.43. The highest BCUT2D eigenvalue weighted by Gasteiger charge is 2.26. The Bertz CT molecular complexity index is 1110. The molecule has 1 aliphatic heterocycles. The molecule has 3 aromatic carbocycles. The average Bonchev–Trinajstić information content (AvgIpc) is 3.16. The van der Waals surface area contributed by atoms with Crippen LogP contribution in [0.3, 0.4) is 0 Å². The Balaban J connectivity index is 1.64. The van der Waals surface area contributed by atoms with Crippen molar-refractivity contribution in [2.24, 2.45) is 0 Å². The molecule has 0 unspecified atom stereocenters. The van der Waals surface area contributed by atoms with Crippen LogP contribution >= 0.6 is 0 Å². The highest BCUT2D eigenvalue weighted by Crippen LogP contribution is 2.24. The van der Waals surface area contributed by atoms with Gasteiger partial charge >= 0.3 is 0 Å². The second-order valence-corrected chi connectivity index (χ2v) is 7.31. The highest BCUT2D eigenvalue weighted by atomic mass is 16.6. The van der Waals surface area contributed by atoms with Crippen LogP contribution < -0.4 is 4.90 Å². The van der Waals surface area contributed by atoms with Crippen molar-refractivity contribution >= 4 is 34.0 Å². The van der Waals surface area contributed by atoms with Crippen molar-refractivity contribution in [2.75, 3.05) is 18.1 Å². The second-order valence-electron chi connectivity index (χ2n) is 7.31. The summed E-state index contributed by atoms with van der Waals surface area (Å²) in [6, 6.07) is 19.6. The molecule has 152 valence electrons. The van der Waals surface area contributed by atoms with E-state index in [4.69, 9.17) is 0 Å². The van der Waals surface area contributed by atoms with Crippen molar-refractivity contribution in [3.05, 3.63) is 82.4 Å². The largest absolute Gasteiger partial charge is 0.324 e. The molecule has 2 amide bonds. The van der Waals surface area contributed by atoms with Gasteiger partial charge < -0.3 is 4.90 Å². The predicted molar refractivity (Wildman–Crippen MR) is 114 cm³/mol. The quantitative estimate of drug-likeness (QED) is 0.462. The van der Waals surface area contributed by atoms with Crippen molar-refractivity contribution in [3.63, 3.8) is 0 Å². The molecular formula is C23H21N3O4. The molecule has 0 spiro atoms. The van der Waals surface area contributed by atoms with E-state index in [-0.39, 0.29) is 30.6 Å². The second kappa shape index (κ2) is 8.32. The summed E-state index contributed by atoms with van der Waals surface area (Å²) < 4.78 is 0. The van der Waals surface area contributed by atoms with E-state index in [9.17, 15) is 19.7 Å². The summed E-state index contributed by atoms with van der Waals surface area (Å²) in [5.74, 6) is -0.153. The number of nitro benzene ring substituents is 1. The molecule has 0 aromatic heterocycles. The van der Waals surface area contributed by atoms with Crippen molar-refractivity contribution in [1.82, 2.24) is 4.90 Å². The van der Waals surface area contributed by atoms with Crippen LogP contribution in [0, 0.1) is 10.1 Å². The van der Waals surface area contributed by atoms with Crippen LogP contribution in [0.5, 0.6) is 0 Å². The number of carbonyl (C=O) groups is 2. The fourth-order valence-electron chi connectivity index (χ4n) is 3.79. The van der Waals surface area contributed by atoms with E-state index < -0.39 is 4.92 Å². The van der Waals surface area contributed by atoms with E-state index >= 15 is 0 Å². The summed E-state index contributed by atoms with van der Waals surface area (Å²) in [5.41, 5.74) is 1.39. The van der Waals surface area contributed by atoms with Crippen molar-refractivity contribution in [2.45, 2.75) is 19.3 Å². The standard InChI is InChI=1S/C23H21N3O4/c27-22-9-4-14-24(22)16-25(19-10-12-20(13-11-19)26(29)30)23(28)15-18-7-3-6-17-5-1-2-8-21(17)18/h1-3,5-8,10-13H,4,9,14-16H2. The molecule has 0 aliphatic carbocycles. The van der Waals surface area contributed by atoms with Gasteiger partial charge in [0.05, 0.1) is 11.3 Å². The lowest BCUT2D eigenvalue weighted by atomic mass is 10.0. The first-order valence-electron chi connectivity index (χ1n) is 9.82. The van der Waals surface area contributed by atoms with E-state index in [1.807, 2.05) is 42.5 Å². The van der Waals surface area contributed by atoms with E-state index in [1.54, 1.807) is 17.0 Å². The lowest BCUT2D eigenvalue weighted by Gasteiger charge is -2.28. The Morgan fingerprint density at radius 3 is 2.47 bits per heavy atom. The van der Waals surface area contributed by atoms with Crippen molar-refractivity contribution in [3.8, 4) is 0 Å². The summed E-state index contributed by atoms with van der Waals surface area (Å²) in [6.45, 7) is 0.740. The molecule has 4 rings (SSSR count). The number of anilines is 1. The first-order valence-corrected chi connectivity index (χ1v) is 9.82. The van der Waals surface area contributed by atoms with Crippen LogP contribution in [0.15, 0.2) is 66.7 Å². The van der Waals surface area contributed by atoms with Crippen LogP contribution in [0.1, 0.15) is 18.4 Å². The Hall–Kier alpha value is -3.74. The van der Waals surface area contributed by atoms with E-state index in [2.05, 4.69) is 0 Å². The minimum absolute atomic E-state index is 0.0138. The van der Waals surface area contributed by atoms with Gasteiger partial charge in [0.1, 0.15) is 6.67 Å². The molecule has 0 atom stereocenters. The highest BCUT2D eigenvalue weighted by molar-refractivity contribution is 5.98. The van der Waals surface area contributed by atoms with Crippen molar-refractivity contribution < 1.29 is 14.5 Å². The maximum atomic E-state index is 13.3. The lowest BCUT2D eigenvalue weighted by molar-refractivity contribution is -0.384. The number of hydrogen-bond acceptors (Lipinski definition) is 4. The summed E-state index contributed by atoms with van der Waals surface area (Å²) in [7, 11) is 0. The molecule has 0 N–H and O–H groups in total. The Morgan fingerprint density at radius 1 is 1.03 bits per heavy atom. The van der Waals surface area contributed by atoms with Crippen LogP contribution in [0.4, 0.5) is 11.4 Å². The molecule has 0 saturated carbocycles. The van der Waals surface area contributed by atoms with Gasteiger partial charge in [0, 0.05) is 30.8 Å². The number of hydrogen-bond donors (Lipinski definition) is 0. The zero-order valence-electron chi connectivity index (χ0n) is 16.4. The average molecular weight is 403 g/mol. The molecule has 0 bridgehead atoms. The monoisotopic (exact) mass is 403 g/mol. The molecule has 7 heteroatoms. The van der Waals surface area contributed by atoms with Crippen LogP contribution in [0.25, 0.3) is 10.8 Å². The van der Waals surface area contributed by atoms with Gasteiger partial charge in [-0.05, 0) is 34.9 Å². The van der Waals surface area contributed by atoms with E-state index in [0.29, 0.717) is 18.7 Å². The minimum atomic E-state index is -0.476. The third kappa shape index (κ3) is 4.00. The van der Waals surface area contributed by atoms with Crippen molar-refractivity contribution in [1.29, 1.82) is 0 Å². The van der Waals surface area contributed by atoms with Gasteiger partial charge in [-0.1, -0.05) is 42.5 Å². The van der Waals surface area contributed by atoms with Gasteiger partial charge in [-0.25, -0.2) is 0 Å². The number of nitrogens with zero attached hydrogens (tertiary/aromatic N) is 3. The normalized spacial score (nSPS) is 13.6. The molecule has 0 radical (unpaired) electrons. The molecule has 1 aliphatic rings. The van der Waals surface area contributed by atoms with E-state index in [1.165, 1.54) is 17.0 Å². The first-order chi connectivity index (χ1) is 14.5. The summed E-state index contributed by atoms with van der Waals surface area (Å²) in [6.07, 6.45) is 1.41.